The van der Waals surface area contributed by atoms with Crippen molar-refractivity contribution in [2.24, 2.45) is 0 Å². The summed E-state index contributed by atoms with van der Waals surface area (Å²) in [5.41, 5.74) is 0. The van der Waals surface area contributed by atoms with Crippen LogP contribution in [0.3, 0.4) is 0 Å². The van der Waals surface area contributed by atoms with E-state index in [4.69, 9.17) is 14.2 Å². The van der Waals surface area contributed by atoms with Gasteiger partial charge in [-0.3, -0.25) is 4.79 Å². The Labute approximate surface area is 153 Å². The van der Waals surface area contributed by atoms with Crippen LogP contribution < -0.4 is 14.8 Å². The van der Waals surface area contributed by atoms with Gasteiger partial charge in [-0.15, -0.1) is 0 Å². The van der Waals surface area contributed by atoms with Crippen LogP contribution in [0.25, 0.3) is 0 Å². The number of rotatable bonds is 7. The van der Waals surface area contributed by atoms with Crippen molar-refractivity contribution < 1.29 is 27.4 Å². The van der Waals surface area contributed by atoms with Crippen molar-refractivity contribution >= 4 is 15.9 Å². The SMILES string of the molecule is COCCCNC(=O)[C@H]1CCCN1S(=O)(=O)c1ccc2c(c1)OCCO2. The topological polar surface area (TPSA) is 94.2 Å². The predicted octanol–water partition coefficient (Wildman–Crippen LogP) is 0.764. The largest absolute Gasteiger partial charge is 0.486 e. The van der Waals surface area contributed by atoms with Gasteiger partial charge in [-0.2, -0.15) is 4.31 Å². The first-order chi connectivity index (χ1) is 12.5. The number of hydrogen-bond acceptors (Lipinski definition) is 6. The molecule has 1 saturated heterocycles. The lowest BCUT2D eigenvalue weighted by atomic mass is 10.2. The monoisotopic (exact) mass is 384 g/mol. The standard InChI is InChI=1S/C17H24N2O6S/c1-23-9-3-7-18-17(20)14-4-2-8-19(14)26(21,22)13-5-6-15-16(12-13)25-11-10-24-15/h5-6,12,14H,2-4,7-11H2,1H3,(H,18,20)/t14-/m1/s1. The Morgan fingerprint density at radius 2 is 2.08 bits per heavy atom. The van der Waals surface area contributed by atoms with Crippen molar-refractivity contribution in [3.05, 3.63) is 18.2 Å². The third-order valence-electron chi connectivity index (χ3n) is 4.45. The maximum Gasteiger partial charge on any atom is 0.243 e. The van der Waals surface area contributed by atoms with Gasteiger partial charge in [0.05, 0.1) is 4.90 Å². The van der Waals surface area contributed by atoms with Gasteiger partial charge in [0.25, 0.3) is 0 Å². The number of sulfonamides is 1. The third kappa shape index (κ3) is 3.94. The maximum absolute atomic E-state index is 13.0. The van der Waals surface area contributed by atoms with Crippen molar-refractivity contribution in [3.8, 4) is 11.5 Å². The van der Waals surface area contributed by atoms with Crippen molar-refractivity contribution in [1.29, 1.82) is 0 Å². The second-order valence-electron chi connectivity index (χ2n) is 6.22. The number of fused-ring (bicyclic) bond motifs is 1. The third-order valence-corrected chi connectivity index (χ3v) is 6.36. The van der Waals surface area contributed by atoms with Crippen molar-refractivity contribution in [3.63, 3.8) is 0 Å². The molecule has 0 aromatic heterocycles. The minimum absolute atomic E-state index is 0.112. The molecule has 8 nitrogen and oxygen atoms in total. The van der Waals surface area contributed by atoms with Crippen molar-refractivity contribution in [2.45, 2.75) is 30.2 Å². The molecule has 2 aliphatic rings. The Morgan fingerprint density at radius 1 is 1.31 bits per heavy atom. The molecule has 0 bridgehead atoms. The molecular formula is C17H24N2O6S. The molecule has 0 aliphatic carbocycles. The van der Waals surface area contributed by atoms with Gasteiger partial charge >= 0.3 is 0 Å². The molecular weight excluding hydrogens is 360 g/mol. The first-order valence-electron chi connectivity index (χ1n) is 8.72. The summed E-state index contributed by atoms with van der Waals surface area (Å²) in [6.07, 6.45) is 1.85. The normalized spacial score (nSPS) is 20.1. The highest BCUT2D eigenvalue weighted by atomic mass is 32.2. The van der Waals surface area contributed by atoms with E-state index in [-0.39, 0.29) is 10.8 Å². The Balaban J connectivity index is 1.74. The Morgan fingerprint density at radius 3 is 2.85 bits per heavy atom. The minimum Gasteiger partial charge on any atom is -0.486 e. The summed E-state index contributed by atoms with van der Waals surface area (Å²) in [7, 11) is -2.19. The van der Waals surface area contributed by atoms with Gasteiger partial charge in [0, 0.05) is 32.9 Å². The highest BCUT2D eigenvalue weighted by Crippen LogP contribution is 2.34. The molecule has 144 valence electrons. The number of hydrogen-bond donors (Lipinski definition) is 1. The van der Waals surface area contributed by atoms with E-state index in [1.54, 1.807) is 13.2 Å². The molecule has 0 unspecified atom stereocenters. The second-order valence-corrected chi connectivity index (χ2v) is 8.11. The van der Waals surface area contributed by atoms with Crippen LogP contribution in [0.1, 0.15) is 19.3 Å². The van der Waals surface area contributed by atoms with E-state index in [0.717, 1.165) is 0 Å². The molecule has 2 aliphatic heterocycles. The smallest absolute Gasteiger partial charge is 0.243 e. The number of ether oxygens (including phenoxy) is 3. The van der Waals surface area contributed by atoms with E-state index in [0.29, 0.717) is 63.7 Å². The predicted molar refractivity (Wildman–Crippen MR) is 93.8 cm³/mol. The summed E-state index contributed by atoms with van der Waals surface area (Å²) in [5, 5.41) is 2.79. The number of carbonyl (C=O) groups excluding carboxylic acids is 1. The summed E-state index contributed by atoms with van der Waals surface area (Å²) in [6, 6.07) is 3.87. The van der Waals surface area contributed by atoms with Crippen molar-refractivity contribution in [1.82, 2.24) is 9.62 Å². The second kappa shape index (κ2) is 8.24. The van der Waals surface area contributed by atoms with Crippen LogP contribution in [-0.2, 0) is 19.6 Å². The summed E-state index contributed by atoms with van der Waals surface area (Å²) >= 11 is 0. The van der Waals surface area contributed by atoms with Crippen LogP contribution in [0, 0.1) is 0 Å². The fourth-order valence-electron chi connectivity index (χ4n) is 3.16. The van der Waals surface area contributed by atoms with E-state index in [9.17, 15) is 13.2 Å². The first kappa shape index (κ1) is 18.9. The summed E-state index contributed by atoms with van der Waals surface area (Å²) in [4.78, 5) is 12.5. The highest BCUT2D eigenvalue weighted by molar-refractivity contribution is 7.89. The van der Waals surface area contributed by atoms with E-state index in [1.165, 1.54) is 16.4 Å². The lowest BCUT2D eigenvalue weighted by molar-refractivity contribution is -0.124. The zero-order valence-electron chi connectivity index (χ0n) is 14.8. The van der Waals surface area contributed by atoms with Crippen LogP contribution in [-0.4, -0.2) is 64.7 Å². The van der Waals surface area contributed by atoms with E-state index in [2.05, 4.69) is 5.32 Å². The maximum atomic E-state index is 13.0. The molecule has 1 aromatic rings. The first-order valence-corrected chi connectivity index (χ1v) is 10.2. The molecule has 1 aromatic carbocycles. The molecule has 2 heterocycles. The van der Waals surface area contributed by atoms with Crippen LogP contribution in [0.2, 0.25) is 0 Å². The fraction of sp³-hybridized carbons (Fsp3) is 0.588. The Hall–Kier alpha value is -1.84. The summed E-state index contributed by atoms with van der Waals surface area (Å²) in [6.45, 7) is 2.15. The lowest BCUT2D eigenvalue weighted by Gasteiger charge is -2.24. The van der Waals surface area contributed by atoms with E-state index in [1.807, 2.05) is 0 Å². The Kier molecular flexibility index (Phi) is 6.00. The van der Waals surface area contributed by atoms with Gasteiger partial charge in [-0.1, -0.05) is 0 Å². The van der Waals surface area contributed by atoms with Crippen LogP contribution in [0.4, 0.5) is 0 Å². The van der Waals surface area contributed by atoms with Crippen LogP contribution in [0.15, 0.2) is 23.1 Å². The van der Waals surface area contributed by atoms with Gasteiger partial charge in [-0.25, -0.2) is 8.42 Å². The molecule has 9 heteroatoms. The molecule has 1 fully saturated rings. The van der Waals surface area contributed by atoms with E-state index >= 15 is 0 Å². The van der Waals surface area contributed by atoms with Crippen LogP contribution >= 0.6 is 0 Å². The molecule has 1 amide bonds. The van der Waals surface area contributed by atoms with Crippen molar-refractivity contribution in [2.75, 3.05) is 40.0 Å². The van der Waals surface area contributed by atoms with E-state index < -0.39 is 16.1 Å². The zero-order chi connectivity index (χ0) is 18.6. The molecule has 3 rings (SSSR count). The van der Waals surface area contributed by atoms with Gasteiger partial charge < -0.3 is 19.5 Å². The average molecular weight is 384 g/mol. The number of methoxy groups -OCH3 is 1. The highest BCUT2D eigenvalue weighted by Gasteiger charge is 2.39. The van der Waals surface area contributed by atoms with Gasteiger partial charge in [0.1, 0.15) is 19.3 Å². The zero-order valence-corrected chi connectivity index (χ0v) is 15.6. The molecule has 26 heavy (non-hydrogen) atoms. The number of carbonyl (C=O) groups is 1. The summed E-state index contributed by atoms with van der Waals surface area (Å²) in [5.74, 6) is 0.681. The van der Waals surface area contributed by atoms with Gasteiger partial charge in [0.15, 0.2) is 11.5 Å². The number of amides is 1. The quantitative estimate of drug-likeness (QED) is 0.698. The van der Waals surface area contributed by atoms with Crippen LogP contribution in [0.5, 0.6) is 11.5 Å². The molecule has 0 saturated carbocycles. The molecule has 0 radical (unpaired) electrons. The summed E-state index contributed by atoms with van der Waals surface area (Å²) < 4.78 is 43.2. The van der Waals surface area contributed by atoms with Gasteiger partial charge in [0.2, 0.25) is 15.9 Å². The van der Waals surface area contributed by atoms with Gasteiger partial charge in [-0.05, 0) is 31.4 Å². The molecule has 1 N–H and O–H groups in total. The Bertz CT molecular complexity index is 752. The molecule has 1 atom stereocenters. The average Bonchev–Trinajstić information content (AvgIpc) is 3.15. The number of benzene rings is 1. The number of nitrogens with one attached hydrogen (secondary N) is 1. The minimum atomic E-state index is -3.79. The lowest BCUT2D eigenvalue weighted by Crippen LogP contribution is -2.46. The number of nitrogens with zero attached hydrogens (tertiary/aromatic N) is 1. The fourth-order valence-corrected chi connectivity index (χ4v) is 4.83. The molecule has 0 spiro atoms.